The first kappa shape index (κ1) is 17.6. The number of pyridine rings is 1. The Morgan fingerprint density at radius 2 is 1.96 bits per heavy atom. The summed E-state index contributed by atoms with van der Waals surface area (Å²) in [6, 6.07) is 11.7. The van der Waals surface area contributed by atoms with E-state index < -0.39 is 9.84 Å². The van der Waals surface area contributed by atoms with Crippen LogP contribution in [-0.4, -0.2) is 30.2 Å². The van der Waals surface area contributed by atoms with E-state index in [1.54, 1.807) is 37.4 Å². The fourth-order valence-corrected chi connectivity index (χ4v) is 3.91. The molecule has 1 N–H and O–H groups in total. The van der Waals surface area contributed by atoms with Gasteiger partial charge in [0.2, 0.25) is 9.84 Å². The second kappa shape index (κ2) is 6.95. The van der Waals surface area contributed by atoms with Crippen LogP contribution in [0.15, 0.2) is 58.7 Å². The van der Waals surface area contributed by atoms with Crippen LogP contribution in [0.5, 0.6) is 0 Å². The molecule has 0 atom stereocenters. The van der Waals surface area contributed by atoms with Gasteiger partial charge in [-0.15, -0.1) is 0 Å². The van der Waals surface area contributed by atoms with E-state index in [9.17, 15) is 8.42 Å². The van der Waals surface area contributed by atoms with Crippen LogP contribution < -0.4 is 5.32 Å². The maximum Gasteiger partial charge on any atom is 0.241 e. The van der Waals surface area contributed by atoms with Crippen molar-refractivity contribution in [2.75, 3.05) is 7.05 Å². The number of benzene rings is 1. The van der Waals surface area contributed by atoms with Gasteiger partial charge in [-0.1, -0.05) is 29.8 Å². The van der Waals surface area contributed by atoms with Gasteiger partial charge < -0.3 is 5.32 Å². The first-order valence-electron chi connectivity index (χ1n) is 7.59. The van der Waals surface area contributed by atoms with Crippen LogP contribution in [0.4, 0.5) is 0 Å². The Morgan fingerprint density at radius 1 is 1.20 bits per heavy atom. The van der Waals surface area contributed by atoms with E-state index in [0.717, 1.165) is 5.56 Å². The third kappa shape index (κ3) is 3.44. The van der Waals surface area contributed by atoms with Gasteiger partial charge in [0.05, 0.1) is 16.4 Å². The summed E-state index contributed by atoms with van der Waals surface area (Å²) in [7, 11) is -2.08. The monoisotopic (exact) mass is 376 g/mol. The fourth-order valence-electron chi connectivity index (χ4n) is 2.39. The predicted octanol–water partition coefficient (Wildman–Crippen LogP) is 2.78. The van der Waals surface area contributed by atoms with Gasteiger partial charge in [-0.25, -0.2) is 18.1 Å². The Hall–Kier alpha value is -2.22. The number of aromatic nitrogens is 3. The second-order valence-electron chi connectivity index (χ2n) is 5.54. The van der Waals surface area contributed by atoms with E-state index in [2.05, 4.69) is 15.4 Å². The van der Waals surface area contributed by atoms with Gasteiger partial charge in [0.25, 0.3) is 0 Å². The molecule has 0 spiro atoms. The zero-order chi connectivity index (χ0) is 18.0. The van der Waals surface area contributed by atoms with Gasteiger partial charge >= 0.3 is 0 Å². The minimum absolute atomic E-state index is 0.0256. The molecule has 2 aromatic heterocycles. The summed E-state index contributed by atoms with van der Waals surface area (Å²) in [5.74, 6) is 0. The summed E-state index contributed by atoms with van der Waals surface area (Å²) in [4.78, 5) is 4.06. The van der Waals surface area contributed by atoms with Crippen LogP contribution in [0.25, 0.3) is 5.69 Å². The van der Waals surface area contributed by atoms with Crippen molar-refractivity contribution in [3.8, 4) is 5.69 Å². The Balaban J connectivity index is 2.21. The molecule has 1 aromatic carbocycles. The average molecular weight is 377 g/mol. The molecular weight excluding hydrogens is 360 g/mol. The molecule has 0 aliphatic heterocycles. The highest BCUT2D eigenvalue weighted by Crippen LogP contribution is 2.27. The lowest BCUT2D eigenvalue weighted by Crippen LogP contribution is -2.11. The molecular formula is C17H17ClN4O2S. The number of nitrogens with zero attached hydrogens (tertiary/aromatic N) is 3. The highest BCUT2D eigenvalue weighted by atomic mass is 35.5. The average Bonchev–Trinajstić information content (AvgIpc) is 3.00. The number of rotatable bonds is 5. The Bertz CT molecular complexity index is 998. The normalized spacial score (nSPS) is 11.6. The molecule has 0 amide bonds. The van der Waals surface area contributed by atoms with Gasteiger partial charge in [-0.3, -0.25) is 0 Å². The zero-order valence-corrected chi connectivity index (χ0v) is 15.3. The first-order chi connectivity index (χ1) is 11.9. The van der Waals surface area contributed by atoms with Crippen LogP contribution in [0.3, 0.4) is 0 Å². The maximum absolute atomic E-state index is 13.1. The van der Waals surface area contributed by atoms with Gasteiger partial charge in [0.1, 0.15) is 0 Å². The lowest BCUT2D eigenvalue weighted by molar-refractivity contribution is 0.582. The molecule has 130 valence electrons. The first-order valence-corrected chi connectivity index (χ1v) is 9.46. The van der Waals surface area contributed by atoms with E-state index in [-0.39, 0.29) is 10.1 Å². The Morgan fingerprint density at radius 3 is 2.60 bits per heavy atom. The largest absolute Gasteiger partial charge is 0.314 e. The van der Waals surface area contributed by atoms with Crippen molar-refractivity contribution in [2.45, 2.75) is 23.5 Å². The minimum Gasteiger partial charge on any atom is -0.314 e. The van der Waals surface area contributed by atoms with Crippen LogP contribution in [0.1, 0.15) is 11.3 Å². The van der Waals surface area contributed by atoms with Crippen LogP contribution in [-0.2, 0) is 16.4 Å². The van der Waals surface area contributed by atoms with Crippen LogP contribution in [0.2, 0.25) is 5.02 Å². The van der Waals surface area contributed by atoms with E-state index in [4.69, 9.17) is 11.6 Å². The van der Waals surface area contributed by atoms with Crippen molar-refractivity contribution in [1.29, 1.82) is 0 Å². The Kier molecular flexibility index (Phi) is 4.89. The molecule has 0 aliphatic rings. The molecule has 0 fully saturated rings. The summed E-state index contributed by atoms with van der Waals surface area (Å²) >= 11 is 6.25. The van der Waals surface area contributed by atoms with Gasteiger partial charge in [-0.05, 0) is 37.7 Å². The molecule has 3 aromatic rings. The minimum atomic E-state index is -3.85. The van der Waals surface area contributed by atoms with Crippen LogP contribution >= 0.6 is 11.6 Å². The molecule has 6 nitrogen and oxygen atoms in total. The third-order valence-corrected chi connectivity index (χ3v) is 5.55. The van der Waals surface area contributed by atoms with E-state index in [1.807, 2.05) is 6.92 Å². The Labute approximate surface area is 151 Å². The highest BCUT2D eigenvalue weighted by molar-refractivity contribution is 7.91. The quantitative estimate of drug-likeness (QED) is 0.740. The number of hydrogen-bond acceptors (Lipinski definition) is 5. The smallest absolute Gasteiger partial charge is 0.241 e. The molecule has 2 heterocycles. The SMILES string of the molecule is CNCc1cc(S(=O)(=O)c2ccc(C)cn2)n(-c2ccccc2Cl)n1. The molecule has 0 saturated heterocycles. The van der Waals surface area contributed by atoms with Crippen molar-refractivity contribution in [3.05, 3.63) is 64.9 Å². The summed E-state index contributed by atoms with van der Waals surface area (Å²) in [5, 5.41) is 7.79. The summed E-state index contributed by atoms with van der Waals surface area (Å²) in [6.45, 7) is 2.28. The molecule has 0 radical (unpaired) electrons. The lowest BCUT2D eigenvalue weighted by atomic mass is 10.3. The number of nitrogens with one attached hydrogen (secondary N) is 1. The molecule has 0 bridgehead atoms. The van der Waals surface area contributed by atoms with Crippen molar-refractivity contribution in [3.63, 3.8) is 0 Å². The summed E-state index contributed by atoms with van der Waals surface area (Å²) in [5.41, 5.74) is 1.97. The number of aryl methyl sites for hydroxylation is 1. The number of sulfone groups is 1. The van der Waals surface area contributed by atoms with Gasteiger partial charge in [-0.2, -0.15) is 5.10 Å². The van der Waals surface area contributed by atoms with E-state index >= 15 is 0 Å². The number of halogens is 1. The van der Waals surface area contributed by atoms with Crippen molar-refractivity contribution >= 4 is 21.4 Å². The van der Waals surface area contributed by atoms with Crippen LogP contribution in [0, 0.1) is 6.92 Å². The number of para-hydroxylation sites is 1. The van der Waals surface area contributed by atoms with Crippen molar-refractivity contribution in [2.24, 2.45) is 0 Å². The number of hydrogen-bond donors (Lipinski definition) is 1. The van der Waals surface area contributed by atoms with Crippen molar-refractivity contribution in [1.82, 2.24) is 20.1 Å². The summed E-state index contributed by atoms with van der Waals surface area (Å²) in [6.07, 6.45) is 1.53. The predicted molar refractivity (Wildman–Crippen MR) is 95.8 cm³/mol. The highest BCUT2D eigenvalue weighted by Gasteiger charge is 2.26. The molecule has 3 rings (SSSR count). The molecule has 0 unspecified atom stereocenters. The maximum atomic E-state index is 13.1. The molecule has 0 saturated carbocycles. The van der Waals surface area contributed by atoms with E-state index in [1.165, 1.54) is 23.0 Å². The zero-order valence-electron chi connectivity index (χ0n) is 13.8. The molecule has 25 heavy (non-hydrogen) atoms. The molecule has 8 heteroatoms. The van der Waals surface area contributed by atoms with E-state index in [0.29, 0.717) is 22.9 Å². The molecule has 0 aliphatic carbocycles. The topological polar surface area (TPSA) is 76.9 Å². The lowest BCUT2D eigenvalue weighted by Gasteiger charge is -2.09. The second-order valence-corrected chi connectivity index (χ2v) is 7.80. The standard InChI is InChI=1S/C17H17ClN4O2S/c1-12-7-8-16(20-10-12)25(23,24)17-9-13(11-19-2)21-22(17)15-6-4-3-5-14(15)18/h3-10,19H,11H2,1-2H3. The third-order valence-electron chi connectivity index (χ3n) is 3.60. The van der Waals surface area contributed by atoms with Gasteiger partial charge in [0.15, 0.2) is 10.1 Å². The van der Waals surface area contributed by atoms with Crippen molar-refractivity contribution < 1.29 is 8.42 Å². The fraction of sp³-hybridized carbons (Fsp3) is 0.176. The summed E-state index contributed by atoms with van der Waals surface area (Å²) < 4.78 is 27.5. The van der Waals surface area contributed by atoms with Gasteiger partial charge in [0, 0.05) is 18.8 Å².